The predicted molar refractivity (Wildman–Crippen MR) is 97.2 cm³/mol. The van der Waals surface area contributed by atoms with Crippen LogP contribution in [0.15, 0.2) is 0 Å². The summed E-state index contributed by atoms with van der Waals surface area (Å²) in [6, 6.07) is 2.18. The van der Waals surface area contributed by atoms with Crippen molar-refractivity contribution in [2.24, 2.45) is 5.41 Å². The minimum Gasteiger partial charge on any atom is -0.465 e. The zero-order chi connectivity index (χ0) is 19.8. The molecule has 0 bridgehead atoms. The fourth-order valence-corrected chi connectivity index (χ4v) is 2.66. The van der Waals surface area contributed by atoms with Gasteiger partial charge in [-0.15, -0.1) is 0 Å². The minimum absolute atomic E-state index is 0.225. The molecule has 0 aliphatic rings. The fourth-order valence-electron chi connectivity index (χ4n) is 2.66. The van der Waals surface area contributed by atoms with Gasteiger partial charge in [0.15, 0.2) is 18.0 Å². The predicted octanol–water partition coefficient (Wildman–Crippen LogP) is 3.42. The van der Waals surface area contributed by atoms with Gasteiger partial charge >= 0.3 is 5.97 Å². The number of rotatable bonds is 16. The number of carbonyl (C=O) groups excluding carboxylic acids is 1. The van der Waals surface area contributed by atoms with Crippen molar-refractivity contribution in [2.75, 3.05) is 33.0 Å². The summed E-state index contributed by atoms with van der Waals surface area (Å²) >= 11 is 0. The van der Waals surface area contributed by atoms with Crippen molar-refractivity contribution in [1.29, 1.82) is 5.26 Å². The van der Waals surface area contributed by atoms with Crippen LogP contribution < -0.4 is 0 Å². The Hall–Kier alpha value is -1.20. The van der Waals surface area contributed by atoms with E-state index in [-0.39, 0.29) is 19.4 Å². The molecule has 0 fully saturated rings. The highest BCUT2D eigenvalue weighted by Crippen LogP contribution is 2.33. The SMILES string of the molecule is CCOC(=O)C(C#N)(CCC(OCC)OCC)CCC(OCC)OCC. The normalized spacial score (nSPS) is 11.8. The Bertz CT molecular complexity index is 377. The van der Waals surface area contributed by atoms with E-state index in [2.05, 4.69) is 6.07 Å². The standard InChI is InChI=1S/C19H35NO6/c1-6-22-16(23-7-2)11-13-19(15-20,18(21)26-10-5)14-12-17(24-8-3)25-9-4/h16-17H,6-14H2,1-5H3. The highest BCUT2D eigenvalue weighted by Gasteiger charge is 2.41. The van der Waals surface area contributed by atoms with Gasteiger partial charge in [0.1, 0.15) is 0 Å². The first-order chi connectivity index (χ1) is 12.5. The number of nitriles is 1. The van der Waals surface area contributed by atoms with Crippen LogP contribution in [0.1, 0.15) is 60.3 Å². The highest BCUT2D eigenvalue weighted by atomic mass is 16.7. The van der Waals surface area contributed by atoms with Crippen molar-refractivity contribution in [1.82, 2.24) is 0 Å². The first-order valence-electron chi connectivity index (χ1n) is 9.58. The van der Waals surface area contributed by atoms with E-state index >= 15 is 0 Å². The van der Waals surface area contributed by atoms with Crippen LogP contribution in [0, 0.1) is 16.7 Å². The molecule has 7 nitrogen and oxygen atoms in total. The van der Waals surface area contributed by atoms with Crippen molar-refractivity contribution < 1.29 is 28.5 Å². The highest BCUT2D eigenvalue weighted by molar-refractivity contribution is 5.80. The Morgan fingerprint density at radius 1 is 0.808 bits per heavy atom. The number of carbonyl (C=O) groups is 1. The van der Waals surface area contributed by atoms with Gasteiger partial charge < -0.3 is 23.7 Å². The van der Waals surface area contributed by atoms with Gasteiger partial charge in [0.2, 0.25) is 0 Å². The lowest BCUT2D eigenvalue weighted by Gasteiger charge is -2.28. The number of esters is 1. The van der Waals surface area contributed by atoms with E-state index < -0.39 is 24.0 Å². The van der Waals surface area contributed by atoms with Crippen LogP contribution in [0.4, 0.5) is 0 Å². The van der Waals surface area contributed by atoms with E-state index in [0.29, 0.717) is 39.3 Å². The average Bonchev–Trinajstić information content (AvgIpc) is 2.63. The van der Waals surface area contributed by atoms with Crippen LogP contribution in [0.5, 0.6) is 0 Å². The number of hydrogen-bond acceptors (Lipinski definition) is 7. The Morgan fingerprint density at radius 3 is 1.46 bits per heavy atom. The summed E-state index contributed by atoms with van der Waals surface area (Å²) in [7, 11) is 0. The number of ether oxygens (including phenoxy) is 5. The van der Waals surface area contributed by atoms with E-state index in [1.807, 2.05) is 27.7 Å². The Kier molecular flexibility index (Phi) is 14.2. The molecule has 0 aromatic heterocycles. The molecule has 0 aromatic rings. The second-order valence-electron chi connectivity index (χ2n) is 5.67. The molecule has 0 aliphatic heterocycles. The van der Waals surface area contributed by atoms with Crippen LogP contribution >= 0.6 is 0 Å². The molecule has 0 rings (SSSR count). The van der Waals surface area contributed by atoms with E-state index in [4.69, 9.17) is 23.7 Å². The maximum atomic E-state index is 12.5. The van der Waals surface area contributed by atoms with Crippen LogP contribution in [-0.2, 0) is 28.5 Å². The second kappa shape index (κ2) is 14.9. The van der Waals surface area contributed by atoms with E-state index in [1.165, 1.54) is 0 Å². The number of hydrogen-bond donors (Lipinski definition) is 0. The van der Waals surface area contributed by atoms with E-state index in [1.54, 1.807) is 6.92 Å². The summed E-state index contributed by atoms with van der Waals surface area (Å²) in [5.74, 6) is -0.513. The maximum Gasteiger partial charge on any atom is 0.326 e. The van der Waals surface area contributed by atoms with Crippen molar-refractivity contribution in [3.63, 3.8) is 0 Å². The monoisotopic (exact) mass is 373 g/mol. The molecule has 0 saturated heterocycles. The second-order valence-corrected chi connectivity index (χ2v) is 5.67. The van der Waals surface area contributed by atoms with Crippen LogP contribution in [0.25, 0.3) is 0 Å². The minimum atomic E-state index is -1.27. The zero-order valence-electron chi connectivity index (χ0n) is 16.9. The van der Waals surface area contributed by atoms with Gasteiger partial charge in [-0.25, -0.2) is 0 Å². The fraction of sp³-hybridized carbons (Fsp3) is 0.895. The molecule has 0 heterocycles. The number of nitrogens with zero attached hydrogens (tertiary/aromatic N) is 1. The lowest BCUT2D eigenvalue weighted by atomic mass is 9.80. The quantitative estimate of drug-likeness (QED) is 0.302. The summed E-state index contributed by atoms with van der Waals surface area (Å²) in [4.78, 5) is 12.5. The van der Waals surface area contributed by atoms with Gasteiger partial charge in [-0.1, -0.05) is 0 Å². The Balaban J connectivity index is 5.15. The van der Waals surface area contributed by atoms with Gasteiger partial charge in [-0.2, -0.15) is 5.26 Å². The van der Waals surface area contributed by atoms with Crippen molar-refractivity contribution in [3.8, 4) is 6.07 Å². The van der Waals surface area contributed by atoms with Crippen LogP contribution in [0.3, 0.4) is 0 Å². The molecule has 0 atom stereocenters. The summed E-state index contributed by atoms with van der Waals surface area (Å²) in [5.41, 5.74) is -1.27. The van der Waals surface area contributed by atoms with Gasteiger partial charge in [-0.05, 0) is 47.5 Å². The third-order valence-electron chi connectivity index (χ3n) is 3.90. The third-order valence-corrected chi connectivity index (χ3v) is 3.90. The van der Waals surface area contributed by atoms with Crippen molar-refractivity contribution >= 4 is 5.97 Å². The first kappa shape index (κ1) is 24.8. The molecule has 152 valence electrons. The lowest BCUT2D eigenvalue weighted by Crippen LogP contribution is -2.35. The molecule has 7 heteroatoms. The molecule has 0 N–H and O–H groups in total. The molecule has 0 radical (unpaired) electrons. The molecule has 0 amide bonds. The van der Waals surface area contributed by atoms with Gasteiger partial charge in [0, 0.05) is 39.3 Å². The van der Waals surface area contributed by atoms with Gasteiger partial charge in [-0.3, -0.25) is 4.79 Å². The van der Waals surface area contributed by atoms with Crippen LogP contribution in [-0.4, -0.2) is 51.6 Å². The molecule has 0 saturated carbocycles. The topological polar surface area (TPSA) is 87.0 Å². The van der Waals surface area contributed by atoms with Crippen molar-refractivity contribution in [2.45, 2.75) is 72.9 Å². The molecule has 0 aliphatic carbocycles. The Labute approximate surface area is 157 Å². The Morgan fingerprint density at radius 2 is 1.19 bits per heavy atom. The summed E-state index contributed by atoms with van der Waals surface area (Å²) in [5, 5.41) is 9.80. The molecule has 0 aromatic carbocycles. The summed E-state index contributed by atoms with van der Waals surface area (Å²) in [6.45, 7) is 11.5. The first-order valence-corrected chi connectivity index (χ1v) is 9.58. The van der Waals surface area contributed by atoms with E-state index in [9.17, 15) is 10.1 Å². The molecule has 0 spiro atoms. The van der Waals surface area contributed by atoms with E-state index in [0.717, 1.165) is 0 Å². The molecule has 26 heavy (non-hydrogen) atoms. The summed E-state index contributed by atoms with van der Waals surface area (Å²) in [6.07, 6.45) is 0.559. The molecular formula is C19H35NO6. The van der Waals surface area contributed by atoms with Gasteiger partial charge in [0.25, 0.3) is 0 Å². The molecule has 0 unspecified atom stereocenters. The van der Waals surface area contributed by atoms with Crippen LogP contribution in [0.2, 0.25) is 0 Å². The third kappa shape index (κ3) is 8.95. The average molecular weight is 373 g/mol. The molecular weight excluding hydrogens is 338 g/mol. The summed E-state index contributed by atoms with van der Waals surface area (Å²) < 4.78 is 27.3. The smallest absolute Gasteiger partial charge is 0.326 e. The van der Waals surface area contributed by atoms with Crippen molar-refractivity contribution in [3.05, 3.63) is 0 Å². The van der Waals surface area contributed by atoms with Gasteiger partial charge in [0.05, 0.1) is 12.7 Å². The maximum absolute atomic E-state index is 12.5. The zero-order valence-corrected chi connectivity index (χ0v) is 16.9. The largest absolute Gasteiger partial charge is 0.465 e. The lowest BCUT2D eigenvalue weighted by molar-refractivity contribution is -0.163.